The molecule has 0 N–H and O–H groups in total. The van der Waals surface area contributed by atoms with E-state index in [4.69, 9.17) is 0 Å². The Kier molecular flexibility index (Phi) is 4.70. The van der Waals surface area contributed by atoms with E-state index in [-0.39, 0.29) is 22.1 Å². The number of aromatic nitrogens is 3. The van der Waals surface area contributed by atoms with Crippen LogP contribution >= 0.6 is 11.3 Å². The second-order valence-corrected chi connectivity index (χ2v) is 7.25. The molecule has 0 radical (unpaired) electrons. The van der Waals surface area contributed by atoms with Gasteiger partial charge >= 0.3 is 6.18 Å². The number of hydrogen-bond acceptors (Lipinski definition) is 3. The van der Waals surface area contributed by atoms with E-state index < -0.39 is 28.3 Å². The fourth-order valence-electron chi connectivity index (χ4n) is 2.96. The van der Waals surface area contributed by atoms with Gasteiger partial charge in [-0.05, 0) is 23.8 Å². The molecule has 4 rings (SSSR count). The molecular formula is C20H12F5N3S. The molecule has 9 heteroatoms. The molecule has 2 aromatic heterocycles. The zero-order chi connectivity index (χ0) is 20.8. The van der Waals surface area contributed by atoms with Crippen molar-refractivity contribution < 1.29 is 22.0 Å². The molecule has 29 heavy (non-hydrogen) atoms. The zero-order valence-corrected chi connectivity index (χ0v) is 15.7. The Hall–Kier alpha value is -3.07. The van der Waals surface area contributed by atoms with Gasteiger partial charge in [0.2, 0.25) is 0 Å². The van der Waals surface area contributed by atoms with Crippen LogP contribution in [0.3, 0.4) is 0 Å². The summed E-state index contributed by atoms with van der Waals surface area (Å²) < 4.78 is 70.1. The Balaban J connectivity index is 1.87. The summed E-state index contributed by atoms with van der Waals surface area (Å²) in [6.07, 6.45) is -4.56. The molecule has 148 valence electrons. The average molecular weight is 421 g/mol. The Labute approximate surface area is 166 Å². The highest BCUT2D eigenvalue weighted by atomic mass is 32.1. The molecule has 2 aromatic carbocycles. The first-order chi connectivity index (χ1) is 13.8. The molecule has 4 aromatic rings. The first kappa shape index (κ1) is 19.3. The van der Waals surface area contributed by atoms with Gasteiger partial charge in [0.1, 0.15) is 16.5 Å². The summed E-state index contributed by atoms with van der Waals surface area (Å²) in [5.74, 6) is -1.86. The minimum atomic E-state index is -4.56. The Bertz CT molecular complexity index is 1160. The van der Waals surface area contributed by atoms with E-state index in [0.29, 0.717) is 16.9 Å². The van der Waals surface area contributed by atoms with Crippen molar-refractivity contribution in [1.82, 2.24) is 14.8 Å². The van der Waals surface area contributed by atoms with E-state index in [1.807, 2.05) is 0 Å². The molecule has 0 spiro atoms. The molecule has 0 fully saturated rings. The van der Waals surface area contributed by atoms with Crippen LogP contribution < -0.4 is 0 Å². The monoisotopic (exact) mass is 421 g/mol. The van der Waals surface area contributed by atoms with Crippen molar-refractivity contribution in [3.05, 3.63) is 71.1 Å². The van der Waals surface area contributed by atoms with Gasteiger partial charge in [0.05, 0.1) is 10.4 Å². The molecule has 0 aliphatic carbocycles. The normalized spacial score (nSPS) is 11.8. The van der Waals surface area contributed by atoms with Gasteiger partial charge in [-0.25, -0.2) is 18.4 Å². The summed E-state index contributed by atoms with van der Waals surface area (Å²) in [7, 11) is 1.46. The third-order valence-corrected chi connectivity index (χ3v) is 5.42. The molecular weight excluding hydrogens is 409 g/mol. The van der Waals surface area contributed by atoms with Crippen LogP contribution in [-0.2, 0) is 13.2 Å². The van der Waals surface area contributed by atoms with Gasteiger partial charge < -0.3 is 0 Å². The molecule has 0 amide bonds. The van der Waals surface area contributed by atoms with E-state index in [9.17, 15) is 22.0 Å². The predicted octanol–water partition coefficient (Wildman–Crippen LogP) is 6.17. The summed E-state index contributed by atoms with van der Waals surface area (Å²) >= 11 is 0.510. The molecule has 0 aliphatic heterocycles. The number of aryl methyl sites for hydroxylation is 1. The van der Waals surface area contributed by atoms with Gasteiger partial charge in [-0.15, -0.1) is 11.3 Å². The van der Waals surface area contributed by atoms with E-state index in [2.05, 4.69) is 10.1 Å². The van der Waals surface area contributed by atoms with E-state index in [1.54, 1.807) is 30.3 Å². The largest absolute Gasteiger partial charge is 0.426 e. The van der Waals surface area contributed by atoms with Crippen LogP contribution in [-0.4, -0.2) is 14.8 Å². The molecule has 0 saturated carbocycles. The average Bonchev–Trinajstić information content (AvgIpc) is 3.26. The van der Waals surface area contributed by atoms with Crippen molar-refractivity contribution in [1.29, 1.82) is 0 Å². The first-order valence-corrected chi connectivity index (χ1v) is 9.19. The third-order valence-electron chi connectivity index (χ3n) is 4.24. The minimum absolute atomic E-state index is 0.0136. The topological polar surface area (TPSA) is 30.7 Å². The maximum absolute atomic E-state index is 14.0. The highest BCUT2D eigenvalue weighted by molar-refractivity contribution is 7.16. The lowest BCUT2D eigenvalue weighted by molar-refractivity contribution is -0.133. The van der Waals surface area contributed by atoms with E-state index in [1.165, 1.54) is 23.9 Å². The van der Waals surface area contributed by atoms with Gasteiger partial charge in [-0.3, -0.25) is 0 Å². The van der Waals surface area contributed by atoms with Crippen LogP contribution in [0.15, 0.2) is 54.6 Å². The highest BCUT2D eigenvalue weighted by Gasteiger charge is 2.37. The molecule has 0 saturated heterocycles. The lowest BCUT2D eigenvalue weighted by Crippen LogP contribution is -2.03. The van der Waals surface area contributed by atoms with Crippen LogP contribution in [0.4, 0.5) is 22.0 Å². The summed E-state index contributed by atoms with van der Waals surface area (Å²) in [4.78, 5) is 3.53. The molecule has 3 nitrogen and oxygen atoms in total. The summed E-state index contributed by atoms with van der Waals surface area (Å²) in [6.45, 7) is 0. The number of thiophene rings is 1. The second-order valence-electron chi connectivity index (χ2n) is 6.20. The fourth-order valence-corrected chi connectivity index (χ4v) is 4.03. The van der Waals surface area contributed by atoms with Crippen molar-refractivity contribution in [3.8, 4) is 33.2 Å². The van der Waals surface area contributed by atoms with Gasteiger partial charge in [-0.2, -0.15) is 18.3 Å². The van der Waals surface area contributed by atoms with Crippen molar-refractivity contribution in [2.24, 2.45) is 7.05 Å². The molecule has 2 heterocycles. The fraction of sp³-hybridized carbons (Fsp3) is 0.100. The lowest BCUT2D eigenvalue weighted by atomic mass is 10.1. The van der Waals surface area contributed by atoms with Crippen LogP contribution in [0, 0.1) is 11.6 Å². The smallest absolute Gasteiger partial charge is 0.248 e. The number of hydrogen-bond donors (Lipinski definition) is 0. The Morgan fingerprint density at radius 1 is 0.931 bits per heavy atom. The van der Waals surface area contributed by atoms with Crippen molar-refractivity contribution in [2.45, 2.75) is 6.18 Å². The maximum Gasteiger partial charge on any atom is 0.426 e. The summed E-state index contributed by atoms with van der Waals surface area (Å²) in [6, 6.07) is 12.9. The SMILES string of the molecule is Cn1nc(-c2c(F)cccc2F)nc1-c1cc(-c2ccccc2)c(C(F)(F)F)s1. The molecule has 0 atom stereocenters. The van der Waals surface area contributed by atoms with Gasteiger partial charge in [0.25, 0.3) is 0 Å². The predicted molar refractivity (Wildman–Crippen MR) is 100 cm³/mol. The minimum Gasteiger partial charge on any atom is -0.248 e. The molecule has 0 unspecified atom stereocenters. The van der Waals surface area contributed by atoms with Crippen LogP contribution in [0.1, 0.15) is 4.88 Å². The number of benzene rings is 2. The Morgan fingerprint density at radius 2 is 1.59 bits per heavy atom. The summed E-state index contributed by atoms with van der Waals surface area (Å²) in [5, 5.41) is 4.00. The number of halogens is 5. The standard InChI is InChI=1S/C20H12F5N3S/c1-28-19(26-18(27-28)16-13(21)8-5-9-14(16)22)15-10-12(11-6-3-2-4-7-11)17(29-15)20(23,24)25/h2-10H,1H3. The van der Waals surface area contributed by atoms with Crippen molar-refractivity contribution in [2.75, 3.05) is 0 Å². The van der Waals surface area contributed by atoms with Gasteiger partial charge in [0.15, 0.2) is 11.6 Å². The number of alkyl halides is 3. The second kappa shape index (κ2) is 7.07. The number of nitrogens with zero attached hydrogens (tertiary/aromatic N) is 3. The zero-order valence-electron chi connectivity index (χ0n) is 14.8. The Morgan fingerprint density at radius 3 is 2.21 bits per heavy atom. The quantitative estimate of drug-likeness (QED) is 0.370. The lowest BCUT2D eigenvalue weighted by Gasteiger charge is -2.07. The van der Waals surface area contributed by atoms with Gasteiger partial charge in [-0.1, -0.05) is 36.4 Å². The van der Waals surface area contributed by atoms with Gasteiger partial charge in [0, 0.05) is 12.6 Å². The first-order valence-electron chi connectivity index (χ1n) is 8.38. The summed E-state index contributed by atoms with van der Waals surface area (Å²) in [5.41, 5.74) is -0.00480. The molecule has 0 bridgehead atoms. The van der Waals surface area contributed by atoms with Crippen LogP contribution in [0.5, 0.6) is 0 Å². The molecule has 0 aliphatic rings. The van der Waals surface area contributed by atoms with E-state index >= 15 is 0 Å². The van der Waals surface area contributed by atoms with Crippen molar-refractivity contribution in [3.63, 3.8) is 0 Å². The number of rotatable bonds is 3. The third kappa shape index (κ3) is 3.53. The van der Waals surface area contributed by atoms with Crippen molar-refractivity contribution >= 4 is 11.3 Å². The van der Waals surface area contributed by atoms with Crippen LogP contribution in [0.25, 0.3) is 33.2 Å². The van der Waals surface area contributed by atoms with E-state index in [0.717, 1.165) is 12.1 Å². The van der Waals surface area contributed by atoms with Crippen LogP contribution in [0.2, 0.25) is 0 Å². The highest BCUT2D eigenvalue weighted by Crippen LogP contribution is 2.45. The maximum atomic E-state index is 14.0.